The summed E-state index contributed by atoms with van der Waals surface area (Å²) in [6, 6.07) is 5.43. The van der Waals surface area contributed by atoms with E-state index in [4.69, 9.17) is 4.74 Å². The molecular formula is C11H14BrNO2. The zero-order valence-corrected chi connectivity index (χ0v) is 10.4. The van der Waals surface area contributed by atoms with Gasteiger partial charge in [0.25, 0.3) is 0 Å². The van der Waals surface area contributed by atoms with Crippen LogP contribution in [0.4, 0.5) is 0 Å². The van der Waals surface area contributed by atoms with Gasteiger partial charge >= 0.3 is 0 Å². The van der Waals surface area contributed by atoms with Gasteiger partial charge in [0, 0.05) is 17.4 Å². The number of hydrogen-bond acceptors (Lipinski definition) is 3. The molecule has 0 radical (unpaired) electrons. The van der Waals surface area contributed by atoms with E-state index in [-0.39, 0.29) is 5.78 Å². The molecule has 0 saturated carbocycles. The topological polar surface area (TPSA) is 38.3 Å². The van der Waals surface area contributed by atoms with Gasteiger partial charge in [-0.15, -0.1) is 0 Å². The summed E-state index contributed by atoms with van der Waals surface area (Å²) in [5.41, 5.74) is 0.627. The van der Waals surface area contributed by atoms with Crippen molar-refractivity contribution in [2.75, 3.05) is 20.7 Å². The lowest BCUT2D eigenvalue weighted by atomic mass is 10.1. The Balaban J connectivity index is 2.90. The van der Waals surface area contributed by atoms with Crippen molar-refractivity contribution in [3.63, 3.8) is 0 Å². The monoisotopic (exact) mass is 271 g/mol. The molecular weight excluding hydrogens is 258 g/mol. The fourth-order valence-corrected chi connectivity index (χ4v) is 1.63. The highest BCUT2D eigenvalue weighted by molar-refractivity contribution is 9.10. The molecule has 82 valence electrons. The van der Waals surface area contributed by atoms with Crippen molar-refractivity contribution < 1.29 is 9.53 Å². The van der Waals surface area contributed by atoms with Gasteiger partial charge in [-0.2, -0.15) is 0 Å². The molecule has 15 heavy (non-hydrogen) atoms. The number of benzene rings is 1. The van der Waals surface area contributed by atoms with Crippen LogP contribution in [0, 0.1) is 0 Å². The van der Waals surface area contributed by atoms with Crippen molar-refractivity contribution >= 4 is 21.7 Å². The minimum Gasteiger partial charge on any atom is -0.496 e. The van der Waals surface area contributed by atoms with E-state index in [1.54, 1.807) is 19.2 Å². The van der Waals surface area contributed by atoms with Gasteiger partial charge in [0.2, 0.25) is 0 Å². The van der Waals surface area contributed by atoms with Crippen molar-refractivity contribution in [3.8, 4) is 5.75 Å². The summed E-state index contributed by atoms with van der Waals surface area (Å²) in [5.74, 6) is 0.710. The number of rotatable bonds is 5. The average Bonchev–Trinajstić information content (AvgIpc) is 2.25. The molecule has 0 aliphatic carbocycles. The molecule has 1 rings (SSSR count). The van der Waals surface area contributed by atoms with Gasteiger partial charge in [0.1, 0.15) is 5.75 Å². The van der Waals surface area contributed by atoms with Crippen LogP contribution in [0.3, 0.4) is 0 Å². The van der Waals surface area contributed by atoms with Gasteiger partial charge in [0.15, 0.2) is 5.78 Å². The second-order valence-corrected chi connectivity index (χ2v) is 4.04. The van der Waals surface area contributed by atoms with Crippen molar-refractivity contribution in [2.24, 2.45) is 0 Å². The first kappa shape index (κ1) is 12.2. The molecule has 1 aromatic rings. The number of ether oxygens (including phenoxy) is 1. The third-order valence-electron chi connectivity index (χ3n) is 2.06. The van der Waals surface area contributed by atoms with E-state index < -0.39 is 0 Å². The summed E-state index contributed by atoms with van der Waals surface area (Å²) in [7, 11) is 3.39. The Morgan fingerprint density at radius 1 is 1.53 bits per heavy atom. The van der Waals surface area contributed by atoms with Gasteiger partial charge in [0.05, 0.1) is 12.7 Å². The Morgan fingerprint density at radius 3 is 2.87 bits per heavy atom. The largest absolute Gasteiger partial charge is 0.496 e. The standard InChI is InChI=1S/C11H14BrNO2/c1-13-6-5-10(14)9-7-8(12)3-4-11(9)15-2/h3-4,7,13H,5-6H2,1-2H3. The molecule has 0 atom stereocenters. The first-order valence-corrected chi connectivity index (χ1v) is 5.49. The lowest BCUT2D eigenvalue weighted by Gasteiger charge is -2.07. The maximum Gasteiger partial charge on any atom is 0.167 e. The molecule has 4 heteroatoms. The molecule has 0 spiro atoms. The van der Waals surface area contributed by atoms with Gasteiger partial charge in [-0.3, -0.25) is 4.79 Å². The molecule has 3 nitrogen and oxygen atoms in total. The molecule has 0 fully saturated rings. The van der Waals surface area contributed by atoms with E-state index >= 15 is 0 Å². The molecule has 1 aromatic carbocycles. The maximum absolute atomic E-state index is 11.8. The fourth-order valence-electron chi connectivity index (χ4n) is 1.27. The van der Waals surface area contributed by atoms with E-state index in [1.807, 2.05) is 13.1 Å². The van der Waals surface area contributed by atoms with Crippen molar-refractivity contribution in [1.29, 1.82) is 0 Å². The molecule has 0 unspecified atom stereocenters. The maximum atomic E-state index is 11.8. The fraction of sp³-hybridized carbons (Fsp3) is 0.364. The highest BCUT2D eigenvalue weighted by Crippen LogP contribution is 2.23. The number of methoxy groups -OCH3 is 1. The summed E-state index contributed by atoms with van der Waals surface area (Å²) in [4.78, 5) is 11.8. The van der Waals surface area contributed by atoms with Crippen LogP contribution in [-0.2, 0) is 0 Å². The Hall–Kier alpha value is -0.870. The Bertz CT molecular complexity index is 352. The van der Waals surface area contributed by atoms with E-state index in [0.29, 0.717) is 24.3 Å². The number of hydrogen-bond donors (Lipinski definition) is 1. The highest BCUT2D eigenvalue weighted by Gasteiger charge is 2.11. The molecule has 0 bridgehead atoms. The molecule has 0 aliphatic rings. The summed E-state index contributed by atoms with van der Waals surface area (Å²) >= 11 is 3.34. The Labute approximate surface area is 97.9 Å². The van der Waals surface area contributed by atoms with Crippen molar-refractivity contribution in [3.05, 3.63) is 28.2 Å². The number of ketones is 1. The van der Waals surface area contributed by atoms with Crippen LogP contribution in [0.15, 0.2) is 22.7 Å². The third kappa shape index (κ3) is 3.32. The minimum absolute atomic E-state index is 0.0856. The van der Waals surface area contributed by atoms with Gasteiger partial charge in [-0.05, 0) is 25.2 Å². The Morgan fingerprint density at radius 2 is 2.27 bits per heavy atom. The van der Waals surface area contributed by atoms with Crippen LogP contribution in [-0.4, -0.2) is 26.5 Å². The van der Waals surface area contributed by atoms with Crippen LogP contribution >= 0.6 is 15.9 Å². The normalized spacial score (nSPS) is 10.1. The van der Waals surface area contributed by atoms with Crippen LogP contribution < -0.4 is 10.1 Å². The zero-order valence-electron chi connectivity index (χ0n) is 8.84. The number of Topliss-reactive ketones (excluding diaryl/α,β-unsaturated/α-hetero) is 1. The van der Waals surface area contributed by atoms with E-state index in [9.17, 15) is 4.79 Å². The third-order valence-corrected chi connectivity index (χ3v) is 2.56. The summed E-state index contributed by atoms with van der Waals surface area (Å²) in [5, 5.41) is 2.95. The van der Waals surface area contributed by atoms with Crippen LogP contribution in [0.2, 0.25) is 0 Å². The second kappa shape index (κ2) is 5.88. The smallest absolute Gasteiger partial charge is 0.167 e. The average molecular weight is 272 g/mol. The van der Waals surface area contributed by atoms with Gasteiger partial charge in [-0.25, -0.2) is 0 Å². The summed E-state index contributed by atoms with van der Waals surface area (Å²) in [6.45, 7) is 0.675. The molecule has 1 N–H and O–H groups in total. The zero-order chi connectivity index (χ0) is 11.3. The lowest BCUT2D eigenvalue weighted by Crippen LogP contribution is -2.13. The van der Waals surface area contributed by atoms with Crippen LogP contribution in [0.5, 0.6) is 5.75 Å². The number of nitrogens with one attached hydrogen (secondary N) is 1. The van der Waals surface area contributed by atoms with E-state index in [2.05, 4.69) is 21.2 Å². The first-order chi connectivity index (χ1) is 7.19. The van der Waals surface area contributed by atoms with Gasteiger partial charge < -0.3 is 10.1 Å². The molecule has 0 aromatic heterocycles. The van der Waals surface area contributed by atoms with E-state index in [0.717, 1.165) is 4.47 Å². The first-order valence-electron chi connectivity index (χ1n) is 4.70. The van der Waals surface area contributed by atoms with Crippen molar-refractivity contribution in [2.45, 2.75) is 6.42 Å². The molecule has 0 heterocycles. The lowest BCUT2D eigenvalue weighted by molar-refractivity contribution is 0.0980. The predicted molar refractivity (Wildman–Crippen MR) is 63.6 cm³/mol. The predicted octanol–water partition coefficient (Wildman–Crippen LogP) is 2.25. The van der Waals surface area contributed by atoms with Gasteiger partial charge in [-0.1, -0.05) is 15.9 Å². The number of carbonyl (C=O) groups is 1. The van der Waals surface area contributed by atoms with Crippen LogP contribution in [0.25, 0.3) is 0 Å². The summed E-state index contributed by atoms with van der Waals surface area (Å²) < 4.78 is 6.02. The molecule has 0 aliphatic heterocycles. The highest BCUT2D eigenvalue weighted by atomic mass is 79.9. The van der Waals surface area contributed by atoms with Crippen molar-refractivity contribution in [1.82, 2.24) is 5.32 Å². The van der Waals surface area contributed by atoms with Crippen LogP contribution in [0.1, 0.15) is 16.8 Å². The second-order valence-electron chi connectivity index (χ2n) is 3.12. The molecule has 0 amide bonds. The SMILES string of the molecule is CNCCC(=O)c1cc(Br)ccc1OC. The Kier molecular flexibility index (Phi) is 4.78. The number of halogens is 1. The quantitative estimate of drug-likeness (QED) is 0.835. The molecule has 0 saturated heterocycles. The van der Waals surface area contributed by atoms with E-state index in [1.165, 1.54) is 0 Å². The minimum atomic E-state index is 0.0856. The summed E-state index contributed by atoms with van der Waals surface area (Å²) in [6.07, 6.45) is 0.476. The number of carbonyl (C=O) groups excluding carboxylic acids is 1.